The molecule has 0 saturated carbocycles. The fourth-order valence-electron chi connectivity index (χ4n) is 5.20. The fourth-order valence-corrected chi connectivity index (χ4v) is 8.24. The number of benzene rings is 2. The maximum absolute atomic E-state index is 13.8. The van der Waals surface area contributed by atoms with Crippen molar-refractivity contribution in [1.29, 1.82) is 0 Å². The van der Waals surface area contributed by atoms with Crippen molar-refractivity contribution < 1.29 is 14.4 Å². The van der Waals surface area contributed by atoms with Crippen LogP contribution in [0.1, 0.15) is 33.4 Å². The number of hydrogen-bond acceptors (Lipinski definition) is 6. The van der Waals surface area contributed by atoms with Crippen LogP contribution in [-0.4, -0.2) is 41.8 Å². The molecule has 1 saturated heterocycles. The molecule has 4 amide bonds. The molecule has 3 heterocycles. The summed E-state index contributed by atoms with van der Waals surface area (Å²) >= 11 is 1.59. The van der Waals surface area contributed by atoms with E-state index >= 15 is 0 Å². The van der Waals surface area contributed by atoms with E-state index in [2.05, 4.69) is 19.8 Å². The van der Waals surface area contributed by atoms with Gasteiger partial charge in [0.25, 0.3) is 0 Å². The molecular formula is C23H16N4O3SSe. The van der Waals surface area contributed by atoms with Crippen molar-refractivity contribution in [3.05, 3.63) is 82.2 Å². The van der Waals surface area contributed by atoms with Crippen molar-refractivity contribution in [2.75, 3.05) is 0 Å². The summed E-state index contributed by atoms with van der Waals surface area (Å²) in [5.74, 6) is -2.18. The number of urea groups is 1. The van der Waals surface area contributed by atoms with E-state index < -0.39 is 35.1 Å². The van der Waals surface area contributed by atoms with E-state index in [0.717, 1.165) is 30.7 Å². The van der Waals surface area contributed by atoms with Crippen LogP contribution in [0.15, 0.2) is 60.7 Å². The van der Waals surface area contributed by atoms with E-state index in [9.17, 15) is 14.4 Å². The van der Waals surface area contributed by atoms with Gasteiger partial charge in [-0.3, -0.25) is 0 Å². The minimum absolute atomic E-state index is 0.0962. The van der Waals surface area contributed by atoms with Gasteiger partial charge in [0.2, 0.25) is 0 Å². The molecule has 2 unspecified atom stereocenters. The number of fused-ring (bicyclic) bond motifs is 3. The van der Waals surface area contributed by atoms with Gasteiger partial charge in [-0.1, -0.05) is 0 Å². The van der Waals surface area contributed by atoms with E-state index in [0.29, 0.717) is 6.42 Å². The first kappa shape index (κ1) is 19.5. The molecule has 158 valence electrons. The van der Waals surface area contributed by atoms with Crippen LogP contribution in [0, 0.1) is 5.41 Å². The monoisotopic (exact) mass is 508 g/mol. The van der Waals surface area contributed by atoms with Gasteiger partial charge in [0.05, 0.1) is 0 Å². The number of carbonyl (C=O) groups is 3. The molecule has 1 spiro atoms. The third-order valence-electron chi connectivity index (χ3n) is 6.45. The summed E-state index contributed by atoms with van der Waals surface area (Å²) in [4.78, 5) is 40.7. The average molecular weight is 507 g/mol. The van der Waals surface area contributed by atoms with Crippen molar-refractivity contribution in [1.82, 2.24) is 19.8 Å². The molecular weight excluding hydrogens is 491 g/mol. The van der Waals surface area contributed by atoms with E-state index in [4.69, 9.17) is 0 Å². The summed E-state index contributed by atoms with van der Waals surface area (Å²) in [5.41, 5.74) is 1.88. The first-order valence-electron chi connectivity index (χ1n) is 10.1. The molecule has 1 aliphatic heterocycles. The first-order valence-corrected chi connectivity index (χ1v) is 12.5. The van der Waals surface area contributed by atoms with Crippen LogP contribution in [0.5, 0.6) is 0 Å². The standard InChI is InChI=1S/C23H16N4O3SSe/c28-20-23(21(29)25-22(30)24-20)14(12-7-3-1-4-8-12)11-15-16(18-19(31-15)32-27-26-18)17(23)13-9-5-2-6-10-13/h1-10,14,17H,11H2,(H2,24,25,28,29,30). The molecule has 0 bridgehead atoms. The number of rotatable bonds is 2. The van der Waals surface area contributed by atoms with Crippen molar-refractivity contribution in [2.45, 2.75) is 18.3 Å². The molecule has 1 fully saturated rings. The number of imide groups is 2. The molecule has 9 heteroatoms. The van der Waals surface area contributed by atoms with Crippen LogP contribution < -0.4 is 10.6 Å². The van der Waals surface area contributed by atoms with Gasteiger partial charge in [-0.05, 0) is 0 Å². The second-order valence-electron chi connectivity index (χ2n) is 7.97. The normalized spacial score (nSPS) is 21.9. The third kappa shape index (κ3) is 2.62. The van der Waals surface area contributed by atoms with Crippen LogP contribution in [0.2, 0.25) is 0 Å². The zero-order valence-electron chi connectivity index (χ0n) is 16.6. The van der Waals surface area contributed by atoms with Crippen LogP contribution in [0.25, 0.3) is 9.09 Å². The molecule has 2 atom stereocenters. The molecule has 4 aromatic rings. The van der Waals surface area contributed by atoms with Gasteiger partial charge in [0, 0.05) is 0 Å². The summed E-state index contributed by atoms with van der Waals surface area (Å²) in [6.45, 7) is 0. The third-order valence-corrected chi connectivity index (χ3v) is 9.47. The van der Waals surface area contributed by atoms with Gasteiger partial charge in [0.15, 0.2) is 0 Å². The van der Waals surface area contributed by atoms with E-state index in [1.54, 1.807) is 11.3 Å². The second-order valence-corrected chi connectivity index (χ2v) is 11.2. The molecule has 1 aliphatic carbocycles. The SMILES string of the molecule is O=C1NC(=O)C2(C(=O)N1)C(c1ccccc1)Cc1sc3[se]nnc3c1C2c1ccccc1. The zero-order valence-corrected chi connectivity index (χ0v) is 19.1. The Morgan fingerprint density at radius 2 is 1.53 bits per heavy atom. The Kier molecular flexibility index (Phi) is 4.40. The topological polar surface area (TPSA) is 101 Å². The van der Waals surface area contributed by atoms with Crippen LogP contribution in [-0.2, 0) is 16.0 Å². The fraction of sp³-hybridized carbons (Fsp3) is 0.174. The van der Waals surface area contributed by atoms with Crippen molar-refractivity contribution in [3.63, 3.8) is 0 Å². The Balaban J connectivity index is 1.72. The van der Waals surface area contributed by atoms with Crippen LogP contribution >= 0.6 is 11.3 Å². The van der Waals surface area contributed by atoms with Gasteiger partial charge < -0.3 is 0 Å². The number of nitrogens with one attached hydrogen (secondary N) is 2. The van der Waals surface area contributed by atoms with Gasteiger partial charge >= 0.3 is 193 Å². The quantitative estimate of drug-likeness (QED) is 0.321. The van der Waals surface area contributed by atoms with E-state index in [1.165, 1.54) is 0 Å². The molecule has 6 rings (SSSR count). The van der Waals surface area contributed by atoms with E-state index in [1.807, 2.05) is 60.7 Å². The molecule has 2 aromatic carbocycles. The maximum atomic E-state index is 13.8. The van der Waals surface area contributed by atoms with Gasteiger partial charge in [-0.2, -0.15) is 0 Å². The summed E-state index contributed by atoms with van der Waals surface area (Å²) in [6, 6.07) is 18.4. The summed E-state index contributed by atoms with van der Waals surface area (Å²) in [7, 11) is 0. The number of amides is 4. The summed E-state index contributed by atoms with van der Waals surface area (Å²) < 4.78 is 5.36. The molecule has 2 aliphatic rings. The number of aromatic nitrogens is 2. The second kappa shape index (κ2) is 7.20. The van der Waals surface area contributed by atoms with Gasteiger partial charge in [-0.25, -0.2) is 0 Å². The number of thiophene rings is 1. The number of carbonyl (C=O) groups excluding carboxylic acids is 3. The van der Waals surface area contributed by atoms with E-state index in [-0.39, 0.29) is 14.7 Å². The number of hydrogen-bond donors (Lipinski definition) is 2. The number of barbiturate groups is 1. The van der Waals surface area contributed by atoms with Crippen LogP contribution in [0.4, 0.5) is 4.79 Å². The Morgan fingerprint density at radius 1 is 0.906 bits per heavy atom. The van der Waals surface area contributed by atoms with Crippen molar-refractivity contribution >= 4 is 53.0 Å². The van der Waals surface area contributed by atoms with Crippen LogP contribution in [0.3, 0.4) is 0 Å². The van der Waals surface area contributed by atoms with Crippen molar-refractivity contribution in [2.24, 2.45) is 5.41 Å². The average Bonchev–Trinajstić information content (AvgIpc) is 3.39. The summed E-state index contributed by atoms with van der Waals surface area (Å²) in [6.07, 6.45) is 0.515. The zero-order chi connectivity index (χ0) is 21.9. The first-order chi connectivity index (χ1) is 15.6. The predicted molar refractivity (Wildman–Crippen MR) is 120 cm³/mol. The van der Waals surface area contributed by atoms with Crippen molar-refractivity contribution in [3.8, 4) is 0 Å². The predicted octanol–water partition coefficient (Wildman–Crippen LogP) is 2.57. The Morgan fingerprint density at radius 3 is 2.19 bits per heavy atom. The molecule has 2 N–H and O–H groups in total. The molecule has 0 radical (unpaired) electrons. The Labute approximate surface area is 192 Å². The minimum atomic E-state index is -1.54. The van der Waals surface area contributed by atoms with Gasteiger partial charge in [0.1, 0.15) is 0 Å². The Bertz CT molecular complexity index is 1360. The van der Waals surface area contributed by atoms with Gasteiger partial charge in [-0.15, -0.1) is 0 Å². The molecule has 2 aromatic heterocycles. The Hall–Kier alpha value is -3.13. The molecule has 32 heavy (non-hydrogen) atoms. The summed E-state index contributed by atoms with van der Waals surface area (Å²) in [5, 5.41) is 9.23. The number of nitrogens with zero attached hydrogens (tertiary/aromatic N) is 2. The molecule has 7 nitrogen and oxygen atoms in total.